The van der Waals surface area contributed by atoms with Crippen molar-refractivity contribution < 1.29 is 4.39 Å². The number of halogens is 1. The number of alkyl halides is 1. The SMILES string of the molecule is Cc1nc2ncc(-c3c[nH]c4nc(NCC5(F)CCC5)ncc34)cc2n1C(C)C. The van der Waals surface area contributed by atoms with E-state index in [2.05, 4.69) is 54.7 Å². The molecule has 1 fully saturated rings. The number of pyridine rings is 1. The molecule has 0 aromatic carbocycles. The summed E-state index contributed by atoms with van der Waals surface area (Å²) in [5, 5.41) is 3.94. The molecule has 1 saturated carbocycles. The average molecular weight is 393 g/mol. The van der Waals surface area contributed by atoms with Gasteiger partial charge in [-0.25, -0.2) is 19.3 Å². The molecule has 7 nitrogen and oxygen atoms in total. The summed E-state index contributed by atoms with van der Waals surface area (Å²) in [5.74, 6) is 1.40. The fraction of sp³-hybridized carbons (Fsp3) is 0.429. The molecule has 150 valence electrons. The number of anilines is 1. The van der Waals surface area contributed by atoms with E-state index in [1.807, 2.05) is 19.3 Å². The molecule has 29 heavy (non-hydrogen) atoms. The van der Waals surface area contributed by atoms with E-state index in [1.54, 1.807) is 6.20 Å². The molecule has 1 aliphatic rings. The Kier molecular flexibility index (Phi) is 4.04. The van der Waals surface area contributed by atoms with Crippen LogP contribution in [-0.4, -0.2) is 41.7 Å². The first kappa shape index (κ1) is 18.0. The average Bonchev–Trinajstić information content (AvgIpc) is 3.23. The van der Waals surface area contributed by atoms with Gasteiger partial charge in [0.1, 0.15) is 17.1 Å². The van der Waals surface area contributed by atoms with Crippen LogP contribution in [0.1, 0.15) is 45.0 Å². The lowest BCUT2D eigenvalue weighted by molar-refractivity contribution is 0.0782. The number of nitrogens with zero attached hydrogens (tertiary/aromatic N) is 5. The van der Waals surface area contributed by atoms with Crippen molar-refractivity contribution in [3.8, 4) is 11.1 Å². The molecule has 4 aromatic heterocycles. The van der Waals surface area contributed by atoms with E-state index in [9.17, 15) is 4.39 Å². The number of fused-ring (bicyclic) bond motifs is 2. The second-order valence-corrected chi connectivity index (χ2v) is 8.21. The highest BCUT2D eigenvalue weighted by molar-refractivity contribution is 5.95. The van der Waals surface area contributed by atoms with E-state index in [4.69, 9.17) is 0 Å². The molecule has 0 amide bonds. The van der Waals surface area contributed by atoms with Gasteiger partial charge in [0, 0.05) is 41.1 Å². The highest BCUT2D eigenvalue weighted by Crippen LogP contribution is 2.36. The summed E-state index contributed by atoms with van der Waals surface area (Å²) < 4.78 is 16.4. The Morgan fingerprint density at radius 1 is 1.24 bits per heavy atom. The van der Waals surface area contributed by atoms with Gasteiger partial charge in [-0.2, -0.15) is 4.98 Å². The minimum atomic E-state index is -1.11. The number of imidazole rings is 1. The maximum atomic E-state index is 14.2. The van der Waals surface area contributed by atoms with E-state index in [0.29, 0.717) is 30.5 Å². The Balaban J connectivity index is 1.49. The summed E-state index contributed by atoms with van der Waals surface area (Å²) in [6.45, 7) is 6.53. The third kappa shape index (κ3) is 3.03. The van der Waals surface area contributed by atoms with Crippen molar-refractivity contribution in [2.24, 2.45) is 0 Å². The number of rotatable bonds is 5. The molecule has 0 unspecified atom stereocenters. The summed E-state index contributed by atoms with van der Waals surface area (Å²) in [4.78, 5) is 21.2. The van der Waals surface area contributed by atoms with Crippen LogP contribution in [0.3, 0.4) is 0 Å². The van der Waals surface area contributed by atoms with Crippen LogP contribution in [0.2, 0.25) is 0 Å². The zero-order valence-corrected chi connectivity index (χ0v) is 16.8. The molecule has 0 spiro atoms. The van der Waals surface area contributed by atoms with Gasteiger partial charge in [0.2, 0.25) is 5.95 Å². The van der Waals surface area contributed by atoms with Gasteiger partial charge in [0.25, 0.3) is 0 Å². The molecule has 0 radical (unpaired) electrons. The minimum absolute atomic E-state index is 0.255. The Morgan fingerprint density at radius 3 is 2.79 bits per heavy atom. The highest BCUT2D eigenvalue weighted by Gasteiger charge is 2.36. The minimum Gasteiger partial charge on any atom is -0.351 e. The van der Waals surface area contributed by atoms with Crippen molar-refractivity contribution in [1.29, 1.82) is 0 Å². The van der Waals surface area contributed by atoms with Crippen LogP contribution in [0, 0.1) is 6.92 Å². The van der Waals surface area contributed by atoms with Gasteiger partial charge in [-0.15, -0.1) is 0 Å². The second-order valence-electron chi connectivity index (χ2n) is 8.21. The van der Waals surface area contributed by atoms with Crippen LogP contribution >= 0.6 is 0 Å². The monoisotopic (exact) mass is 393 g/mol. The molecule has 2 N–H and O–H groups in total. The number of H-pyrrole nitrogens is 1. The zero-order chi connectivity index (χ0) is 20.2. The van der Waals surface area contributed by atoms with Gasteiger partial charge >= 0.3 is 0 Å². The first-order valence-electron chi connectivity index (χ1n) is 10.1. The van der Waals surface area contributed by atoms with E-state index >= 15 is 0 Å². The van der Waals surface area contributed by atoms with Gasteiger partial charge in [-0.3, -0.25) is 0 Å². The van der Waals surface area contributed by atoms with Crippen LogP contribution in [0.25, 0.3) is 33.3 Å². The Hall–Kier alpha value is -3.03. The Bertz CT molecular complexity index is 1200. The zero-order valence-electron chi connectivity index (χ0n) is 16.8. The Labute approximate surface area is 167 Å². The third-order valence-electron chi connectivity index (χ3n) is 5.80. The van der Waals surface area contributed by atoms with Crippen molar-refractivity contribution in [2.75, 3.05) is 11.9 Å². The Morgan fingerprint density at radius 2 is 2.07 bits per heavy atom. The number of nitrogens with one attached hydrogen (secondary N) is 2. The maximum absolute atomic E-state index is 14.2. The topological polar surface area (TPSA) is 84.3 Å². The number of hydrogen-bond acceptors (Lipinski definition) is 5. The molecule has 8 heteroatoms. The van der Waals surface area contributed by atoms with Gasteiger partial charge in [-0.05, 0) is 46.1 Å². The second kappa shape index (κ2) is 6.50. The van der Waals surface area contributed by atoms with Gasteiger partial charge in [-0.1, -0.05) is 0 Å². The molecule has 0 bridgehead atoms. The lowest BCUT2D eigenvalue weighted by Crippen LogP contribution is -2.39. The highest BCUT2D eigenvalue weighted by atomic mass is 19.1. The van der Waals surface area contributed by atoms with Crippen LogP contribution in [-0.2, 0) is 0 Å². The first-order chi connectivity index (χ1) is 13.9. The summed E-state index contributed by atoms with van der Waals surface area (Å²) in [6, 6.07) is 2.41. The standard InChI is InChI=1S/C21H24FN7/c1-12(2)29-13(3)27-19-17(29)7-14(8-23-19)15-9-24-18-16(15)10-25-20(28-18)26-11-21(22)5-4-6-21/h7-10,12H,4-6,11H2,1-3H3,(H2,24,25,26,28). The molecule has 4 heterocycles. The quantitative estimate of drug-likeness (QED) is 0.519. The van der Waals surface area contributed by atoms with E-state index in [1.165, 1.54) is 0 Å². The number of aromatic amines is 1. The molecule has 1 aliphatic carbocycles. The normalized spacial score (nSPS) is 15.9. The molecular formula is C21H24FN7. The summed E-state index contributed by atoms with van der Waals surface area (Å²) in [7, 11) is 0. The molecule has 0 atom stereocenters. The van der Waals surface area contributed by atoms with Crippen molar-refractivity contribution in [3.05, 3.63) is 30.5 Å². The molecule has 5 rings (SSSR count). The van der Waals surface area contributed by atoms with E-state index in [0.717, 1.165) is 39.9 Å². The van der Waals surface area contributed by atoms with Gasteiger partial charge < -0.3 is 14.9 Å². The summed E-state index contributed by atoms with van der Waals surface area (Å²) >= 11 is 0. The third-order valence-corrected chi connectivity index (χ3v) is 5.80. The molecule has 0 aliphatic heterocycles. The lowest BCUT2D eigenvalue weighted by atomic mass is 9.82. The number of hydrogen-bond donors (Lipinski definition) is 2. The number of aromatic nitrogens is 6. The van der Waals surface area contributed by atoms with Crippen LogP contribution in [0.4, 0.5) is 10.3 Å². The van der Waals surface area contributed by atoms with Crippen molar-refractivity contribution >= 4 is 28.1 Å². The van der Waals surface area contributed by atoms with Gasteiger partial charge in [0.05, 0.1) is 12.1 Å². The van der Waals surface area contributed by atoms with Crippen molar-refractivity contribution in [1.82, 2.24) is 29.5 Å². The fourth-order valence-corrected chi connectivity index (χ4v) is 4.10. The fourth-order valence-electron chi connectivity index (χ4n) is 4.10. The summed E-state index contributed by atoms with van der Waals surface area (Å²) in [5.41, 5.74) is 3.32. The molecular weight excluding hydrogens is 369 g/mol. The first-order valence-corrected chi connectivity index (χ1v) is 10.1. The van der Waals surface area contributed by atoms with Crippen LogP contribution < -0.4 is 5.32 Å². The summed E-state index contributed by atoms with van der Waals surface area (Å²) in [6.07, 6.45) is 7.69. The smallest absolute Gasteiger partial charge is 0.224 e. The largest absolute Gasteiger partial charge is 0.351 e. The predicted octanol–water partition coefficient (Wildman–Crippen LogP) is 4.56. The van der Waals surface area contributed by atoms with Crippen molar-refractivity contribution in [2.45, 2.75) is 51.7 Å². The van der Waals surface area contributed by atoms with Crippen molar-refractivity contribution in [3.63, 3.8) is 0 Å². The number of aryl methyl sites for hydroxylation is 1. The van der Waals surface area contributed by atoms with Crippen LogP contribution in [0.15, 0.2) is 24.7 Å². The predicted molar refractivity (Wildman–Crippen MR) is 112 cm³/mol. The van der Waals surface area contributed by atoms with Gasteiger partial charge in [0.15, 0.2) is 5.65 Å². The molecule has 0 saturated heterocycles. The van der Waals surface area contributed by atoms with Crippen LogP contribution in [0.5, 0.6) is 0 Å². The lowest BCUT2D eigenvalue weighted by Gasteiger charge is -2.33. The maximum Gasteiger partial charge on any atom is 0.224 e. The van der Waals surface area contributed by atoms with E-state index in [-0.39, 0.29) is 6.54 Å². The van der Waals surface area contributed by atoms with E-state index < -0.39 is 5.67 Å². The molecule has 4 aromatic rings.